The van der Waals surface area contributed by atoms with Gasteiger partial charge >= 0.3 is 12.1 Å². The second-order valence-corrected chi connectivity index (χ2v) is 6.61. The summed E-state index contributed by atoms with van der Waals surface area (Å²) in [5, 5.41) is 2.51. The Morgan fingerprint density at radius 3 is 2.28 bits per heavy atom. The van der Waals surface area contributed by atoms with E-state index in [-0.39, 0.29) is 25.0 Å². The van der Waals surface area contributed by atoms with Gasteiger partial charge < -0.3 is 14.8 Å². The first-order valence-electron chi connectivity index (χ1n) is 8.33. The van der Waals surface area contributed by atoms with Gasteiger partial charge in [-0.3, -0.25) is 14.5 Å². The van der Waals surface area contributed by atoms with Crippen molar-refractivity contribution >= 4 is 23.9 Å². The maximum absolute atomic E-state index is 12.0. The quantitative estimate of drug-likeness (QED) is 0.403. The van der Waals surface area contributed by atoms with Crippen molar-refractivity contribution in [3.63, 3.8) is 0 Å². The van der Waals surface area contributed by atoms with Gasteiger partial charge in [0, 0.05) is 18.7 Å². The van der Waals surface area contributed by atoms with Crippen LogP contribution in [0.15, 0.2) is 12.2 Å². The Kier molecular flexibility index (Phi) is 7.60. The van der Waals surface area contributed by atoms with E-state index in [1.807, 2.05) is 0 Å². The molecule has 8 heteroatoms. The van der Waals surface area contributed by atoms with Crippen LogP contribution in [0.1, 0.15) is 47.0 Å². The number of rotatable bonds is 8. The molecule has 1 N–H and O–H groups in total. The van der Waals surface area contributed by atoms with Gasteiger partial charge in [-0.2, -0.15) is 0 Å². The van der Waals surface area contributed by atoms with Crippen LogP contribution in [0.3, 0.4) is 0 Å². The molecule has 1 atom stereocenters. The van der Waals surface area contributed by atoms with Gasteiger partial charge in [-0.25, -0.2) is 9.59 Å². The Bertz CT molecular complexity index is 532. The lowest BCUT2D eigenvalue weighted by molar-refractivity contribution is -0.146. The molecular weight excluding hydrogens is 328 g/mol. The van der Waals surface area contributed by atoms with Crippen molar-refractivity contribution in [2.45, 2.75) is 58.6 Å². The van der Waals surface area contributed by atoms with Gasteiger partial charge in [0.1, 0.15) is 11.6 Å². The SMILES string of the molecule is CCOC(=O)[C@H](CCCCN1C(=O)C=CC1=O)NC(=O)OC(C)(C)C. The zero-order chi connectivity index (χ0) is 19.0. The zero-order valence-electron chi connectivity index (χ0n) is 15.2. The highest BCUT2D eigenvalue weighted by Crippen LogP contribution is 2.11. The van der Waals surface area contributed by atoms with Crippen LogP contribution in [0.25, 0.3) is 0 Å². The number of unbranched alkanes of at least 4 members (excludes halogenated alkanes) is 1. The zero-order valence-corrected chi connectivity index (χ0v) is 15.2. The van der Waals surface area contributed by atoms with Crippen molar-refractivity contribution in [1.29, 1.82) is 0 Å². The Morgan fingerprint density at radius 1 is 1.16 bits per heavy atom. The number of hydrogen-bond donors (Lipinski definition) is 1. The monoisotopic (exact) mass is 354 g/mol. The van der Waals surface area contributed by atoms with E-state index in [0.717, 1.165) is 4.90 Å². The van der Waals surface area contributed by atoms with Crippen molar-refractivity contribution in [3.05, 3.63) is 12.2 Å². The highest BCUT2D eigenvalue weighted by molar-refractivity contribution is 6.12. The van der Waals surface area contributed by atoms with Crippen molar-refractivity contribution in [2.24, 2.45) is 0 Å². The second-order valence-electron chi connectivity index (χ2n) is 6.61. The Hall–Kier alpha value is -2.38. The Labute approximate surface area is 147 Å². The first-order valence-corrected chi connectivity index (χ1v) is 8.33. The smallest absolute Gasteiger partial charge is 0.408 e. The molecule has 0 fully saturated rings. The van der Waals surface area contributed by atoms with Crippen LogP contribution in [0, 0.1) is 0 Å². The maximum atomic E-state index is 12.0. The summed E-state index contributed by atoms with van der Waals surface area (Å²) in [6, 6.07) is -0.835. The summed E-state index contributed by atoms with van der Waals surface area (Å²) in [7, 11) is 0. The second kappa shape index (κ2) is 9.19. The number of nitrogens with one attached hydrogen (secondary N) is 1. The van der Waals surface area contributed by atoms with Gasteiger partial charge in [0.2, 0.25) is 0 Å². The molecular formula is C17H26N2O6. The maximum Gasteiger partial charge on any atom is 0.408 e. The van der Waals surface area contributed by atoms with E-state index in [4.69, 9.17) is 9.47 Å². The highest BCUT2D eigenvalue weighted by Gasteiger charge is 2.26. The first-order chi connectivity index (χ1) is 11.6. The van der Waals surface area contributed by atoms with Crippen molar-refractivity contribution < 1.29 is 28.7 Å². The predicted octanol–water partition coefficient (Wildman–Crippen LogP) is 1.54. The molecule has 0 saturated carbocycles. The molecule has 1 aliphatic rings. The number of esters is 1. The van der Waals surface area contributed by atoms with Crippen LogP contribution in [-0.2, 0) is 23.9 Å². The third kappa shape index (κ3) is 7.36. The topological polar surface area (TPSA) is 102 Å². The number of carbonyl (C=O) groups excluding carboxylic acids is 4. The molecule has 8 nitrogen and oxygen atoms in total. The molecule has 0 saturated heterocycles. The number of nitrogens with zero attached hydrogens (tertiary/aromatic N) is 1. The molecule has 0 radical (unpaired) electrons. The van der Waals surface area contributed by atoms with Crippen molar-refractivity contribution in [3.8, 4) is 0 Å². The number of carbonyl (C=O) groups is 4. The van der Waals surface area contributed by atoms with Gasteiger partial charge in [0.15, 0.2) is 0 Å². The van der Waals surface area contributed by atoms with E-state index in [1.165, 1.54) is 12.2 Å². The summed E-state index contributed by atoms with van der Waals surface area (Å²) in [5.74, 6) is -1.21. The Morgan fingerprint density at radius 2 is 1.76 bits per heavy atom. The summed E-state index contributed by atoms with van der Waals surface area (Å²) < 4.78 is 10.1. The largest absolute Gasteiger partial charge is 0.464 e. The minimum absolute atomic E-state index is 0.202. The molecule has 3 amide bonds. The van der Waals surface area contributed by atoms with E-state index in [2.05, 4.69) is 5.32 Å². The van der Waals surface area contributed by atoms with Gasteiger partial charge in [0.25, 0.3) is 11.8 Å². The molecule has 0 aromatic carbocycles. The molecule has 0 unspecified atom stereocenters. The summed E-state index contributed by atoms with van der Waals surface area (Å²) >= 11 is 0. The summed E-state index contributed by atoms with van der Waals surface area (Å²) in [4.78, 5) is 47.9. The van der Waals surface area contributed by atoms with Crippen LogP contribution < -0.4 is 5.32 Å². The first kappa shape index (κ1) is 20.7. The van der Waals surface area contributed by atoms with Gasteiger partial charge in [0.05, 0.1) is 6.61 Å². The molecule has 1 aliphatic heterocycles. The van der Waals surface area contributed by atoms with Crippen molar-refractivity contribution in [2.75, 3.05) is 13.2 Å². The predicted molar refractivity (Wildman–Crippen MR) is 89.5 cm³/mol. The van der Waals surface area contributed by atoms with Crippen LogP contribution in [0.2, 0.25) is 0 Å². The molecule has 25 heavy (non-hydrogen) atoms. The lowest BCUT2D eigenvalue weighted by Crippen LogP contribution is -2.44. The van der Waals surface area contributed by atoms with E-state index in [1.54, 1.807) is 27.7 Å². The number of alkyl carbamates (subject to hydrolysis) is 1. The van der Waals surface area contributed by atoms with Gasteiger partial charge in [-0.05, 0) is 47.0 Å². The molecule has 0 aromatic rings. The minimum Gasteiger partial charge on any atom is -0.464 e. The van der Waals surface area contributed by atoms with Crippen LogP contribution >= 0.6 is 0 Å². The van der Waals surface area contributed by atoms with Crippen LogP contribution in [0.4, 0.5) is 4.79 Å². The van der Waals surface area contributed by atoms with Gasteiger partial charge in [-0.1, -0.05) is 0 Å². The fourth-order valence-corrected chi connectivity index (χ4v) is 2.21. The number of imide groups is 1. The number of ether oxygens (including phenoxy) is 2. The summed E-state index contributed by atoms with van der Waals surface area (Å²) in [5.41, 5.74) is -0.674. The van der Waals surface area contributed by atoms with E-state index in [0.29, 0.717) is 19.3 Å². The lowest BCUT2D eigenvalue weighted by atomic mass is 10.1. The van der Waals surface area contributed by atoms with Crippen LogP contribution in [-0.4, -0.2) is 53.6 Å². The lowest BCUT2D eigenvalue weighted by Gasteiger charge is -2.23. The molecule has 0 aliphatic carbocycles. The molecule has 0 aromatic heterocycles. The fourth-order valence-electron chi connectivity index (χ4n) is 2.21. The highest BCUT2D eigenvalue weighted by atomic mass is 16.6. The number of hydrogen-bond acceptors (Lipinski definition) is 6. The Balaban J connectivity index is 2.48. The summed E-state index contributed by atoms with van der Waals surface area (Å²) in [6.45, 7) is 7.33. The van der Waals surface area contributed by atoms with Crippen LogP contribution in [0.5, 0.6) is 0 Å². The molecule has 0 bridgehead atoms. The normalized spacial score (nSPS) is 15.3. The third-order valence-corrected chi connectivity index (χ3v) is 3.29. The van der Waals surface area contributed by atoms with Crippen molar-refractivity contribution in [1.82, 2.24) is 10.2 Å². The average molecular weight is 354 g/mol. The molecule has 1 heterocycles. The molecule has 140 valence electrons. The third-order valence-electron chi connectivity index (χ3n) is 3.29. The summed E-state index contributed by atoms with van der Waals surface area (Å²) in [6.07, 6.45) is 3.13. The van der Waals surface area contributed by atoms with Gasteiger partial charge in [-0.15, -0.1) is 0 Å². The molecule has 1 rings (SSSR count). The standard InChI is InChI=1S/C17H26N2O6/c1-5-24-15(22)12(18-16(23)25-17(2,3)4)8-6-7-11-19-13(20)9-10-14(19)21/h9-10,12H,5-8,11H2,1-4H3,(H,18,23)/t12-/m0/s1. The molecule has 0 spiro atoms. The van der Waals surface area contributed by atoms with E-state index >= 15 is 0 Å². The minimum atomic E-state index is -0.835. The van der Waals surface area contributed by atoms with E-state index < -0.39 is 23.7 Å². The fraction of sp³-hybridized carbons (Fsp3) is 0.647. The van der Waals surface area contributed by atoms with E-state index in [9.17, 15) is 19.2 Å². The number of amides is 3. The average Bonchev–Trinajstić information content (AvgIpc) is 2.80.